The highest BCUT2D eigenvalue weighted by molar-refractivity contribution is 6.32. The van der Waals surface area contributed by atoms with Gasteiger partial charge in [-0.2, -0.15) is 13.2 Å². The molecule has 0 spiro atoms. The van der Waals surface area contributed by atoms with Crippen molar-refractivity contribution in [2.75, 3.05) is 0 Å². The molecule has 2 heterocycles. The van der Waals surface area contributed by atoms with Crippen LogP contribution in [0, 0.1) is 6.92 Å². The third-order valence-electron chi connectivity index (χ3n) is 4.75. The Morgan fingerprint density at radius 1 is 1.06 bits per heavy atom. The summed E-state index contributed by atoms with van der Waals surface area (Å²) in [6, 6.07) is 11.6. The Hall–Kier alpha value is -3.52. The fourth-order valence-corrected chi connectivity index (χ4v) is 3.30. The topological polar surface area (TPSA) is 69.7 Å². The largest absolute Gasteiger partial charge is 0.455 e. The third-order valence-corrected chi connectivity index (χ3v) is 5.16. The molecule has 0 aliphatic carbocycles. The average molecular weight is 463 g/mol. The number of hydrogen-bond donors (Lipinski definition) is 0. The van der Waals surface area contributed by atoms with Gasteiger partial charge in [-0.25, -0.2) is 9.59 Å². The molecule has 0 bridgehead atoms. The minimum Gasteiger partial charge on any atom is -0.455 e. The monoisotopic (exact) mass is 462 g/mol. The molecule has 9 heteroatoms. The van der Waals surface area contributed by atoms with Crippen LogP contribution in [-0.2, 0) is 17.5 Å². The molecule has 2 aromatic carbocycles. The van der Waals surface area contributed by atoms with Crippen LogP contribution in [0.2, 0.25) is 5.02 Å². The van der Waals surface area contributed by atoms with Crippen LogP contribution in [0.5, 0.6) is 0 Å². The van der Waals surface area contributed by atoms with Gasteiger partial charge in [0.05, 0.1) is 5.56 Å². The first-order chi connectivity index (χ1) is 15.1. The Balaban J connectivity index is 1.55. The van der Waals surface area contributed by atoms with E-state index in [1.54, 1.807) is 19.1 Å². The smallest absolute Gasteiger partial charge is 0.416 e. The summed E-state index contributed by atoms with van der Waals surface area (Å²) < 4.78 is 54.6. The Morgan fingerprint density at radius 3 is 2.59 bits per heavy atom. The molecule has 0 radical (unpaired) electrons. The molecule has 0 fully saturated rings. The van der Waals surface area contributed by atoms with Crippen molar-refractivity contribution in [3.63, 3.8) is 0 Å². The first kappa shape index (κ1) is 21.7. The highest BCUT2D eigenvalue weighted by Gasteiger charge is 2.30. The van der Waals surface area contributed by atoms with E-state index in [-0.39, 0.29) is 23.7 Å². The van der Waals surface area contributed by atoms with E-state index < -0.39 is 23.3 Å². The number of esters is 1. The number of fused-ring (bicyclic) bond motifs is 1. The molecule has 4 rings (SSSR count). The van der Waals surface area contributed by atoms with Crippen molar-refractivity contribution in [1.29, 1.82) is 0 Å². The van der Waals surface area contributed by atoms with Gasteiger partial charge >= 0.3 is 17.8 Å². The highest BCUT2D eigenvalue weighted by atomic mass is 35.5. The number of hydrogen-bond acceptors (Lipinski definition) is 5. The van der Waals surface area contributed by atoms with Crippen LogP contribution in [0.3, 0.4) is 0 Å². The molecule has 5 nitrogen and oxygen atoms in total. The lowest BCUT2D eigenvalue weighted by Gasteiger charge is -2.08. The van der Waals surface area contributed by atoms with Crippen molar-refractivity contribution < 1.29 is 31.5 Å². The van der Waals surface area contributed by atoms with E-state index in [1.165, 1.54) is 30.3 Å². The highest BCUT2D eigenvalue weighted by Crippen LogP contribution is 2.33. The van der Waals surface area contributed by atoms with E-state index >= 15 is 0 Å². The zero-order valence-electron chi connectivity index (χ0n) is 16.5. The Labute approximate surface area is 184 Å². The van der Waals surface area contributed by atoms with Gasteiger partial charge in [-0.05, 0) is 48.9 Å². The number of carbonyl (C=O) groups is 1. The third kappa shape index (κ3) is 4.40. The predicted octanol–water partition coefficient (Wildman–Crippen LogP) is 6.39. The van der Waals surface area contributed by atoms with Crippen molar-refractivity contribution in [1.82, 2.24) is 0 Å². The maximum atomic E-state index is 12.9. The maximum Gasteiger partial charge on any atom is 0.416 e. The normalized spacial score (nSPS) is 11.7. The summed E-state index contributed by atoms with van der Waals surface area (Å²) >= 11 is 6.15. The number of aryl methyl sites for hydroxylation is 1. The quantitative estimate of drug-likeness (QED) is 0.259. The molecule has 164 valence electrons. The molecule has 0 atom stereocenters. The predicted molar refractivity (Wildman–Crippen MR) is 110 cm³/mol. The van der Waals surface area contributed by atoms with E-state index in [0.717, 1.165) is 12.1 Å². The van der Waals surface area contributed by atoms with Gasteiger partial charge in [-0.3, -0.25) is 0 Å². The van der Waals surface area contributed by atoms with E-state index in [9.17, 15) is 22.8 Å². The van der Waals surface area contributed by atoms with Crippen molar-refractivity contribution in [3.8, 4) is 11.3 Å². The Morgan fingerprint density at radius 2 is 1.84 bits per heavy atom. The number of alkyl halides is 3. The van der Waals surface area contributed by atoms with E-state index in [0.29, 0.717) is 27.1 Å². The molecule has 0 N–H and O–H groups in total. The van der Waals surface area contributed by atoms with Crippen molar-refractivity contribution in [2.45, 2.75) is 19.7 Å². The Bertz CT molecular complexity index is 1380. The number of furan rings is 1. The van der Waals surface area contributed by atoms with Crippen molar-refractivity contribution in [2.24, 2.45) is 0 Å². The molecule has 0 saturated heterocycles. The second kappa shape index (κ2) is 8.20. The standard InChI is InChI=1S/C23H14ClF3O5/c1-12-7-20-16(10-17(12)24)14(9-21(28)32-20)11-30-22(29)19-6-5-18(31-19)13-3-2-4-15(8-13)23(25,26)27/h2-10H,11H2,1H3. The van der Waals surface area contributed by atoms with Gasteiger partial charge in [-0.15, -0.1) is 0 Å². The van der Waals surface area contributed by atoms with Crippen molar-refractivity contribution >= 4 is 28.5 Å². The summed E-state index contributed by atoms with van der Waals surface area (Å²) in [6.45, 7) is 1.49. The van der Waals surface area contributed by atoms with Gasteiger partial charge in [0.2, 0.25) is 5.76 Å². The zero-order valence-corrected chi connectivity index (χ0v) is 17.2. The van der Waals surface area contributed by atoms with Crippen LogP contribution >= 0.6 is 11.6 Å². The number of rotatable bonds is 4. The van der Waals surface area contributed by atoms with E-state index in [4.69, 9.17) is 25.2 Å². The molecule has 0 amide bonds. The lowest BCUT2D eigenvalue weighted by molar-refractivity contribution is -0.137. The van der Waals surface area contributed by atoms with Gasteiger partial charge in [0.1, 0.15) is 18.0 Å². The molecule has 0 unspecified atom stereocenters. The molecule has 0 saturated carbocycles. The summed E-state index contributed by atoms with van der Waals surface area (Å²) in [4.78, 5) is 24.2. The fourth-order valence-electron chi connectivity index (χ4n) is 3.13. The summed E-state index contributed by atoms with van der Waals surface area (Å²) in [5.41, 5.74) is 0.116. The van der Waals surface area contributed by atoms with Crippen LogP contribution < -0.4 is 5.63 Å². The van der Waals surface area contributed by atoms with Gasteiger partial charge in [0.25, 0.3) is 0 Å². The summed E-state index contributed by atoms with van der Waals surface area (Å²) in [6.07, 6.45) is -4.50. The number of halogens is 4. The zero-order chi connectivity index (χ0) is 23.0. The maximum absolute atomic E-state index is 12.9. The summed E-state index contributed by atoms with van der Waals surface area (Å²) in [7, 11) is 0. The summed E-state index contributed by atoms with van der Waals surface area (Å²) in [5, 5.41) is 0.966. The number of carbonyl (C=O) groups excluding carboxylic acids is 1. The van der Waals surface area contributed by atoms with E-state index in [2.05, 4.69) is 0 Å². The van der Waals surface area contributed by atoms with Crippen LogP contribution in [-0.4, -0.2) is 5.97 Å². The van der Waals surface area contributed by atoms with E-state index in [1.807, 2.05) is 0 Å². The minimum absolute atomic E-state index is 0.0797. The molecule has 0 aliphatic heterocycles. The molecule has 0 aliphatic rings. The second-order valence-corrected chi connectivity index (χ2v) is 7.41. The SMILES string of the molecule is Cc1cc2oc(=O)cc(COC(=O)c3ccc(-c4cccc(C(F)(F)F)c4)o3)c2cc1Cl. The molecule has 4 aromatic rings. The van der Waals surface area contributed by atoms with Crippen LogP contribution in [0.1, 0.15) is 27.2 Å². The van der Waals surface area contributed by atoms with Crippen LogP contribution in [0.15, 0.2) is 68.2 Å². The first-order valence-electron chi connectivity index (χ1n) is 9.29. The second-order valence-electron chi connectivity index (χ2n) is 7.01. The number of ether oxygens (including phenoxy) is 1. The van der Waals surface area contributed by atoms with Gasteiger partial charge < -0.3 is 13.6 Å². The lowest BCUT2D eigenvalue weighted by Crippen LogP contribution is -2.07. The van der Waals surface area contributed by atoms with Crippen LogP contribution in [0.4, 0.5) is 13.2 Å². The van der Waals surface area contributed by atoms with Gasteiger partial charge in [-0.1, -0.05) is 23.7 Å². The molecular formula is C23H14ClF3O5. The molecular weight excluding hydrogens is 449 g/mol. The van der Waals surface area contributed by atoms with Gasteiger partial charge in [0, 0.05) is 27.6 Å². The van der Waals surface area contributed by atoms with Crippen molar-refractivity contribution in [3.05, 3.63) is 92.5 Å². The average Bonchev–Trinajstić information content (AvgIpc) is 3.23. The van der Waals surface area contributed by atoms with Crippen LogP contribution in [0.25, 0.3) is 22.3 Å². The number of benzene rings is 2. The summed E-state index contributed by atoms with van der Waals surface area (Å²) in [5.74, 6) is -0.961. The lowest BCUT2D eigenvalue weighted by atomic mass is 10.1. The molecule has 2 aromatic heterocycles. The first-order valence-corrected chi connectivity index (χ1v) is 9.67. The fraction of sp³-hybridized carbons (Fsp3) is 0.130. The Kier molecular flexibility index (Phi) is 5.56. The minimum atomic E-state index is -4.50. The van der Waals surface area contributed by atoms with Gasteiger partial charge in [0.15, 0.2) is 0 Å². The molecule has 32 heavy (non-hydrogen) atoms.